The lowest BCUT2D eigenvalue weighted by molar-refractivity contribution is 0.319. The molecule has 0 aliphatic carbocycles. The van der Waals surface area contributed by atoms with E-state index in [-0.39, 0.29) is 0 Å². The van der Waals surface area contributed by atoms with Crippen LogP contribution in [0.25, 0.3) is 5.69 Å². The number of nitrogens with zero attached hydrogens (tertiary/aromatic N) is 4. The number of aromatic nitrogens is 3. The monoisotopic (exact) mass is 274 g/mol. The van der Waals surface area contributed by atoms with Crippen molar-refractivity contribution in [3.63, 3.8) is 0 Å². The van der Waals surface area contributed by atoms with E-state index in [1.807, 2.05) is 12.3 Å². The number of para-hydroxylation sites is 1. The third-order valence-electron chi connectivity index (χ3n) is 3.46. The molecular formula is C14H18N4S. The Hall–Kier alpha value is -1.33. The summed E-state index contributed by atoms with van der Waals surface area (Å²) in [4.78, 5) is 2.45. The number of rotatable bonds is 4. The molecule has 0 saturated carbocycles. The molecule has 100 valence electrons. The molecule has 1 aromatic heterocycles. The van der Waals surface area contributed by atoms with Crippen molar-refractivity contribution in [2.24, 2.45) is 0 Å². The molecule has 1 fully saturated rings. The molecule has 1 aromatic carbocycles. The molecule has 0 bridgehead atoms. The first-order chi connectivity index (χ1) is 9.38. The van der Waals surface area contributed by atoms with Gasteiger partial charge in [0.1, 0.15) is 0 Å². The normalized spacial score (nSPS) is 16.1. The average Bonchev–Trinajstić information content (AvgIpc) is 3.09. The topological polar surface area (TPSA) is 34.0 Å². The van der Waals surface area contributed by atoms with Crippen molar-refractivity contribution >= 4 is 11.8 Å². The van der Waals surface area contributed by atoms with Crippen molar-refractivity contribution in [2.75, 3.05) is 19.3 Å². The van der Waals surface area contributed by atoms with Crippen molar-refractivity contribution in [3.8, 4) is 5.69 Å². The van der Waals surface area contributed by atoms with Gasteiger partial charge in [-0.25, -0.2) is 0 Å². The van der Waals surface area contributed by atoms with Gasteiger partial charge >= 0.3 is 0 Å². The van der Waals surface area contributed by atoms with Crippen molar-refractivity contribution < 1.29 is 0 Å². The van der Waals surface area contributed by atoms with Crippen LogP contribution in [0.2, 0.25) is 0 Å². The lowest BCUT2D eigenvalue weighted by Crippen LogP contribution is -2.21. The van der Waals surface area contributed by atoms with Crippen LogP contribution in [0.4, 0.5) is 0 Å². The fourth-order valence-electron chi connectivity index (χ4n) is 2.51. The van der Waals surface area contributed by atoms with E-state index in [1.54, 1.807) is 11.8 Å². The van der Waals surface area contributed by atoms with E-state index in [0.29, 0.717) is 0 Å². The smallest absolute Gasteiger partial charge is 0.195 e. The SMILES string of the molecule is CSc1nnc(CN2CCCC2)n1-c1ccccc1. The quantitative estimate of drug-likeness (QED) is 0.803. The molecule has 5 heteroatoms. The van der Waals surface area contributed by atoms with Crippen molar-refractivity contribution in [1.29, 1.82) is 0 Å². The first-order valence-corrected chi connectivity index (χ1v) is 7.87. The zero-order valence-corrected chi connectivity index (χ0v) is 11.9. The number of hydrogen-bond donors (Lipinski definition) is 0. The molecular weight excluding hydrogens is 256 g/mol. The van der Waals surface area contributed by atoms with Gasteiger partial charge in [-0.2, -0.15) is 0 Å². The molecule has 0 spiro atoms. The molecule has 1 aliphatic heterocycles. The maximum atomic E-state index is 4.38. The van der Waals surface area contributed by atoms with Gasteiger partial charge in [0.15, 0.2) is 11.0 Å². The molecule has 0 unspecified atom stereocenters. The highest BCUT2D eigenvalue weighted by Crippen LogP contribution is 2.21. The molecule has 0 atom stereocenters. The van der Waals surface area contributed by atoms with Crippen LogP contribution < -0.4 is 0 Å². The Morgan fingerprint density at radius 2 is 1.84 bits per heavy atom. The van der Waals surface area contributed by atoms with E-state index in [9.17, 15) is 0 Å². The highest BCUT2D eigenvalue weighted by molar-refractivity contribution is 7.98. The summed E-state index contributed by atoms with van der Waals surface area (Å²) in [5, 5.41) is 9.64. The summed E-state index contributed by atoms with van der Waals surface area (Å²) in [7, 11) is 0. The van der Waals surface area contributed by atoms with Crippen LogP contribution in [0.15, 0.2) is 35.5 Å². The average molecular weight is 274 g/mol. The number of benzene rings is 1. The van der Waals surface area contributed by atoms with Gasteiger partial charge in [0, 0.05) is 5.69 Å². The summed E-state index contributed by atoms with van der Waals surface area (Å²) >= 11 is 1.64. The van der Waals surface area contributed by atoms with Gasteiger partial charge in [-0.1, -0.05) is 30.0 Å². The standard InChI is InChI=1S/C14H18N4S/c1-19-14-16-15-13(11-17-9-5-6-10-17)18(14)12-7-3-2-4-8-12/h2-4,7-8H,5-6,9-11H2,1H3. The second-order valence-electron chi connectivity index (χ2n) is 4.76. The minimum absolute atomic E-state index is 0.891. The highest BCUT2D eigenvalue weighted by Gasteiger charge is 2.18. The Balaban J connectivity index is 1.93. The Kier molecular flexibility index (Phi) is 3.84. The molecule has 4 nitrogen and oxygen atoms in total. The molecule has 19 heavy (non-hydrogen) atoms. The van der Waals surface area contributed by atoms with Gasteiger partial charge in [-0.3, -0.25) is 9.47 Å². The van der Waals surface area contributed by atoms with Gasteiger partial charge in [0.05, 0.1) is 6.54 Å². The molecule has 0 radical (unpaired) electrons. The van der Waals surface area contributed by atoms with Crippen LogP contribution in [0.3, 0.4) is 0 Å². The second kappa shape index (κ2) is 5.75. The first kappa shape index (κ1) is 12.7. The summed E-state index contributed by atoms with van der Waals surface area (Å²) in [5.74, 6) is 1.04. The van der Waals surface area contributed by atoms with E-state index < -0.39 is 0 Å². The lowest BCUT2D eigenvalue weighted by atomic mass is 10.3. The predicted molar refractivity (Wildman–Crippen MR) is 77.7 cm³/mol. The Bertz CT molecular complexity index is 532. The fourth-order valence-corrected chi connectivity index (χ4v) is 3.03. The van der Waals surface area contributed by atoms with Gasteiger partial charge in [-0.05, 0) is 44.3 Å². The predicted octanol–water partition coefficient (Wildman–Crippen LogP) is 2.59. The molecule has 0 amide bonds. The minimum Gasteiger partial charge on any atom is -0.296 e. The number of hydrogen-bond acceptors (Lipinski definition) is 4. The zero-order valence-electron chi connectivity index (χ0n) is 11.1. The van der Waals surface area contributed by atoms with E-state index in [0.717, 1.165) is 23.2 Å². The van der Waals surface area contributed by atoms with E-state index in [4.69, 9.17) is 0 Å². The third kappa shape index (κ3) is 2.67. The molecule has 2 aromatic rings. The summed E-state index contributed by atoms with van der Waals surface area (Å²) in [6.07, 6.45) is 4.65. The summed E-state index contributed by atoms with van der Waals surface area (Å²) in [6.45, 7) is 3.24. The fraction of sp³-hybridized carbons (Fsp3) is 0.429. The largest absolute Gasteiger partial charge is 0.296 e. The number of likely N-dealkylation sites (tertiary alicyclic amines) is 1. The van der Waals surface area contributed by atoms with E-state index >= 15 is 0 Å². The van der Waals surface area contributed by atoms with Crippen LogP contribution in [0.5, 0.6) is 0 Å². The Morgan fingerprint density at radius 3 is 2.53 bits per heavy atom. The molecule has 0 N–H and O–H groups in total. The molecule has 1 aliphatic rings. The highest BCUT2D eigenvalue weighted by atomic mass is 32.2. The third-order valence-corrected chi connectivity index (χ3v) is 4.09. The van der Waals surface area contributed by atoms with Crippen LogP contribution in [-0.2, 0) is 6.54 Å². The van der Waals surface area contributed by atoms with Crippen LogP contribution in [-0.4, -0.2) is 39.0 Å². The molecule has 2 heterocycles. The van der Waals surface area contributed by atoms with Crippen LogP contribution >= 0.6 is 11.8 Å². The Labute approximate surface area is 117 Å². The zero-order chi connectivity index (χ0) is 13.1. The van der Waals surface area contributed by atoms with E-state index in [1.165, 1.54) is 25.9 Å². The van der Waals surface area contributed by atoms with Crippen LogP contribution in [0, 0.1) is 0 Å². The second-order valence-corrected chi connectivity index (χ2v) is 5.53. The maximum absolute atomic E-state index is 4.38. The lowest BCUT2D eigenvalue weighted by Gasteiger charge is -2.15. The van der Waals surface area contributed by atoms with E-state index in [2.05, 4.69) is 43.9 Å². The summed E-state index contributed by atoms with van der Waals surface area (Å²) < 4.78 is 2.17. The van der Waals surface area contributed by atoms with Gasteiger partial charge < -0.3 is 0 Å². The van der Waals surface area contributed by atoms with Crippen molar-refractivity contribution in [1.82, 2.24) is 19.7 Å². The van der Waals surface area contributed by atoms with Crippen molar-refractivity contribution in [2.45, 2.75) is 24.5 Å². The molecule has 3 rings (SSSR count). The Morgan fingerprint density at radius 1 is 1.11 bits per heavy atom. The van der Waals surface area contributed by atoms with Crippen molar-refractivity contribution in [3.05, 3.63) is 36.2 Å². The van der Waals surface area contributed by atoms with Gasteiger partial charge in [-0.15, -0.1) is 10.2 Å². The first-order valence-electron chi connectivity index (χ1n) is 6.64. The maximum Gasteiger partial charge on any atom is 0.195 e. The molecule has 1 saturated heterocycles. The minimum atomic E-state index is 0.891. The van der Waals surface area contributed by atoms with Gasteiger partial charge in [0.25, 0.3) is 0 Å². The van der Waals surface area contributed by atoms with Gasteiger partial charge in [0.2, 0.25) is 0 Å². The number of thioether (sulfide) groups is 1. The summed E-state index contributed by atoms with van der Waals surface area (Å²) in [6, 6.07) is 10.4. The van der Waals surface area contributed by atoms with Crippen LogP contribution in [0.1, 0.15) is 18.7 Å². The summed E-state index contributed by atoms with van der Waals surface area (Å²) in [5.41, 5.74) is 1.14.